The average molecular weight is 558 g/mol. The van der Waals surface area contributed by atoms with Gasteiger partial charge in [0.1, 0.15) is 30.1 Å². The Labute approximate surface area is 230 Å². The van der Waals surface area contributed by atoms with Gasteiger partial charge in [0, 0.05) is 25.1 Å². The second-order valence-corrected chi connectivity index (χ2v) is 10.5. The highest BCUT2D eigenvalue weighted by molar-refractivity contribution is 5.94. The molecule has 1 saturated carbocycles. The zero-order valence-corrected chi connectivity index (χ0v) is 22.0. The summed E-state index contributed by atoms with van der Waals surface area (Å²) in [6.07, 6.45) is 1.68. The van der Waals surface area contributed by atoms with Gasteiger partial charge in [-0.15, -0.1) is 0 Å². The van der Waals surface area contributed by atoms with E-state index in [0.717, 1.165) is 28.9 Å². The number of fused-ring (bicyclic) bond motifs is 1. The van der Waals surface area contributed by atoms with Crippen LogP contribution in [0.1, 0.15) is 49.7 Å². The maximum absolute atomic E-state index is 14.1. The van der Waals surface area contributed by atoms with E-state index in [1.807, 2.05) is 0 Å². The predicted molar refractivity (Wildman–Crippen MR) is 136 cm³/mol. The number of primary amides is 1. The fourth-order valence-electron chi connectivity index (χ4n) is 5.94. The maximum Gasteiger partial charge on any atom is 0.429 e. The van der Waals surface area contributed by atoms with E-state index in [1.165, 1.54) is 15.9 Å². The number of carbonyl (C=O) groups is 5. The molecule has 0 unspecified atom stereocenters. The number of ether oxygens (including phenoxy) is 2. The number of rotatable bonds is 5. The number of likely N-dealkylation sites (tertiary alicyclic amines) is 1. The summed E-state index contributed by atoms with van der Waals surface area (Å²) in [5, 5.41) is 2.11. The molecule has 0 radical (unpaired) electrons. The fraction of sp³-hybridized carbons (Fsp3) is 0.519. The van der Waals surface area contributed by atoms with Crippen LogP contribution in [0.5, 0.6) is 0 Å². The molecule has 214 valence electrons. The van der Waals surface area contributed by atoms with E-state index in [9.17, 15) is 28.4 Å². The van der Waals surface area contributed by atoms with Gasteiger partial charge in [-0.25, -0.2) is 24.0 Å². The number of nitrogens with two attached hydrogens (primary N) is 1. The van der Waals surface area contributed by atoms with Crippen LogP contribution < -0.4 is 5.73 Å². The minimum atomic E-state index is -1.12. The topological polar surface area (TPSA) is 143 Å². The van der Waals surface area contributed by atoms with Gasteiger partial charge in [0.15, 0.2) is 0 Å². The highest BCUT2D eigenvalue weighted by Gasteiger charge is 2.49. The number of carbonyl (C=O) groups excluding carboxylic acids is 5. The molecule has 1 aliphatic carbocycles. The van der Waals surface area contributed by atoms with Crippen LogP contribution in [-0.4, -0.2) is 87.1 Å². The van der Waals surface area contributed by atoms with Gasteiger partial charge in [-0.05, 0) is 49.8 Å². The van der Waals surface area contributed by atoms with Crippen molar-refractivity contribution in [1.82, 2.24) is 19.8 Å². The summed E-state index contributed by atoms with van der Waals surface area (Å²) in [6.45, 7) is 3.63. The van der Waals surface area contributed by atoms with Crippen molar-refractivity contribution in [2.45, 2.75) is 75.9 Å². The monoisotopic (exact) mass is 557 g/mol. The number of benzene rings is 1. The molecule has 1 aromatic rings. The SMILES string of the molecule is C=CC(=O)N1CC[C@@H](C(=O)N2C[C@H](OC(=O)N3Cc4cccc(F)c4C3)C[C@H]2C(N)=O)N1C(=O)OC1CCCC1. The third-order valence-corrected chi connectivity index (χ3v) is 7.97. The molecular weight excluding hydrogens is 525 g/mol. The van der Waals surface area contributed by atoms with Gasteiger partial charge in [0.05, 0.1) is 13.1 Å². The van der Waals surface area contributed by atoms with Crippen molar-refractivity contribution < 1.29 is 37.8 Å². The molecule has 3 atom stereocenters. The third-order valence-electron chi connectivity index (χ3n) is 7.97. The van der Waals surface area contributed by atoms with E-state index in [1.54, 1.807) is 12.1 Å². The van der Waals surface area contributed by atoms with E-state index in [-0.39, 0.29) is 45.1 Å². The molecule has 0 aromatic heterocycles. The van der Waals surface area contributed by atoms with Crippen LogP contribution in [0.4, 0.5) is 14.0 Å². The largest absolute Gasteiger partial charge is 0.445 e. The lowest BCUT2D eigenvalue weighted by atomic mass is 10.1. The number of nitrogens with zero attached hydrogens (tertiary/aromatic N) is 4. The molecule has 3 aliphatic heterocycles. The Kier molecular flexibility index (Phi) is 7.63. The van der Waals surface area contributed by atoms with Crippen molar-refractivity contribution in [2.75, 3.05) is 13.1 Å². The van der Waals surface area contributed by atoms with Crippen LogP contribution in [0.15, 0.2) is 30.9 Å². The van der Waals surface area contributed by atoms with Crippen molar-refractivity contribution >= 4 is 29.9 Å². The molecule has 2 saturated heterocycles. The number of hydrogen-bond donors (Lipinski definition) is 1. The summed E-state index contributed by atoms with van der Waals surface area (Å²) < 4.78 is 25.3. The highest BCUT2D eigenvalue weighted by Crippen LogP contribution is 2.31. The standard InChI is InChI=1S/C27H32FN5O7/c1-2-23(34)32-11-10-21(33(32)27(38)39-17-7-3-4-8-17)25(36)31-14-18(12-22(31)24(29)35)40-26(37)30-13-16-6-5-9-20(28)19(16)15-30/h2,5-6,9,17-18,21-22H,1,3-4,7-8,10-15H2,(H2,29,35)/t18-,21+,22+/m1/s1. The van der Waals surface area contributed by atoms with Crippen LogP contribution in [0.2, 0.25) is 0 Å². The fourth-order valence-corrected chi connectivity index (χ4v) is 5.94. The van der Waals surface area contributed by atoms with Gasteiger partial charge >= 0.3 is 12.2 Å². The van der Waals surface area contributed by atoms with Crippen LogP contribution in [0.25, 0.3) is 0 Å². The first kappa shape index (κ1) is 27.4. The number of hydrogen-bond acceptors (Lipinski definition) is 7. The van der Waals surface area contributed by atoms with Crippen molar-refractivity contribution in [1.29, 1.82) is 0 Å². The lowest BCUT2D eigenvalue weighted by Crippen LogP contribution is -2.56. The molecule has 5 amide bonds. The molecule has 0 spiro atoms. The average Bonchev–Trinajstić information content (AvgIpc) is 3.73. The Morgan fingerprint density at radius 1 is 0.975 bits per heavy atom. The Morgan fingerprint density at radius 3 is 2.38 bits per heavy atom. The summed E-state index contributed by atoms with van der Waals surface area (Å²) in [7, 11) is 0. The van der Waals surface area contributed by atoms with E-state index < -0.39 is 53.9 Å². The van der Waals surface area contributed by atoms with E-state index in [2.05, 4.69) is 6.58 Å². The Bertz CT molecular complexity index is 1240. The summed E-state index contributed by atoms with van der Waals surface area (Å²) in [4.78, 5) is 67.2. The van der Waals surface area contributed by atoms with Gasteiger partial charge in [0.25, 0.3) is 5.91 Å². The molecule has 0 bridgehead atoms. The molecule has 1 aromatic carbocycles. The molecule has 40 heavy (non-hydrogen) atoms. The summed E-state index contributed by atoms with van der Waals surface area (Å²) in [6, 6.07) is 2.42. The van der Waals surface area contributed by atoms with Gasteiger partial charge in [-0.3, -0.25) is 19.3 Å². The first-order valence-corrected chi connectivity index (χ1v) is 13.4. The Hall–Kier alpha value is -4.16. The Morgan fingerprint density at radius 2 is 1.70 bits per heavy atom. The van der Waals surface area contributed by atoms with Crippen molar-refractivity contribution in [3.63, 3.8) is 0 Å². The number of hydrazine groups is 1. The minimum absolute atomic E-state index is 0.0312. The summed E-state index contributed by atoms with van der Waals surface area (Å²) >= 11 is 0. The van der Waals surface area contributed by atoms with Crippen LogP contribution in [-0.2, 0) is 36.9 Å². The molecule has 5 rings (SSSR count). The van der Waals surface area contributed by atoms with Crippen molar-refractivity contribution in [3.8, 4) is 0 Å². The molecule has 12 nitrogen and oxygen atoms in total. The molecule has 2 N–H and O–H groups in total. The zero-order valence-electron chi connectivity index (χ0n) is 22.0. The first-order chi connectivity index (χ1) is 19.2. The Balaban J connectivity index is 1.28. The van der Waals surface area contributed by atoms with Gasteiger partial charge in [-0.2, -0.15) is 0 Å². The van der Waals surface area contributed by atoms with Crippen LogP contribution in [0.3, 0.4) is 0 Å². The second-order valence-electron chi connectivity index (χ2n) is 10.5. The zero-order chi connectivity index (χ0) is 28.6. The highest BCUT2D eigenvalue weighted by atomic mass is 19.1. The minimum Gasteiger partial charge on any atom is -0.445 e. The summed E-state index contributed by atoms with van der Waals surface area (Å²) in [5.41, 5.74) is 6.70. The van der Waals surface area contributed by atoms with Crippen molar-refractivity contribution in [3.05, 3.63) is 47.8 Å². The lowest BCUT2D eigenvalue weighted by Gasteiger charge is -2.33. The number of halogens is 1. The first-order valence-electron chi connectivity index (χ1n) is 13.4. The lowest BCUT2D eigenvalue weighted by molar-refractivity contribution is -0.148. The van der Waals surface area contributed by atoms with E-state index in [0.29, 0.717) is 24.0 Å². The molecular formula is C27H32FN5O7. The third kappa shape index (κ3) is 5.19. The van der Waals surface area contributed by atoms with Gasteiger partial charge in [-0.1, -0.05) is 18.7 Å². The molecule has 3 heterocycles. The quantitative estimate of drug-likeness (QED) is 0.544. The predicted octanol–water partition coefficient (Wildman–Crippen LogP) is 1.82. The maximum atomic E-state index is 14.1. The second kappa shape index (κ2) is 11.1. The van der Waals surface area contributed by atoms with E-state index >= 15 is 0 Å². The van der Waals surface area contributed by atoms with Crippen molar-refractivity contribution in [2.24, 2.45) is 5.73 Å². The van der Waals surface area contributed by atoms with Crippen LogP contribution >= 0.6 is 0 Å². The van der Waals surface area contributed by atoms with E-state index in [4.69, 9.17) is 15.2 Å². The van der Waals surface area contributed by atoms with Crippen LogP contribution in [0, 0.1) is 5.82 Å². The summed E-state index contributed by atoms with van der Waals surface area (Å²) in [5.74, 6) is -2.38. The van der Waals surface area contributed by atoms with Gasteiger partial charge in [0.2, 0.25) is 11.8 Å². The molecule has 3 fully saturated rings. The normalized spacial score (nSPS) is 24.3. The molecule has 13 heteroatoms. The molecule has 4 aliphatic rings. The smallest absolute Gasteiger partial charge is 0.429 e. The van der Waals surface area contributed by atoms with Gasteiger partial charge < -0.3 is 20.1 Å². The number of amides is 5.